The minimum Gasteiger partial charge on any atom is -0.508 e. The van der Waals surface area contributed by atoms with E-state index >= 15 is 0 Å². The standard InChI is InChI=1S/C29H26N2O7/c1-31(2)23-18-13-16-12-17-15(9-8-14-6-4-3-5-7-14)10-11-19(32)21(17)24(33)20(16)26(35)29(18,38)27(36)22(25(23)34)28(30)37/h3-7,10-11,16,18,23,32-33,36,38H,12-13H2,1-2H3,(H2,30,37)/t16-,18-,23+,29-/m0/s1. The van der Waals surface area contributed by atoms with Crippen molar-refractivity contribution >= 4 is 23.2 Å². The van der Waals surface area contributed by atoms with Gasteiger partial charge in [0.15, 0.2) is 11.4 Å². The third kappa shape index (κ3) is 3.53. The molecule has 0 aliphatic heterocycles. The van der Waals surface area contributed by atoms with Gasteiger partial charge < -0.3 is 26.2 Å². The zero-order valence-electron chi connectivity index (χ0n) is 20.7. The van der Waals surface area contributed by atoms with Crippen molar-refractivity contribution in [3.05, 3.63) is 81.6 Å². The molecule has 6 N–H and O–H groups in total. The number of ketones is 2. The smallest absolute Gasteiger partial charge is 0.255 e. The number of likely N-dealkylation sites (N-methyl/N-ethyl adjacent to an activating group) is 1. The quantitative estimate of drug-likeness (QED) is 0.297. The van der Waals surface area contributed by atoms with Crippen molar-refractivity contribution in [3.63, 3.8) is 0 Å². The Hall–Kier alpha value is -4.39. The van der Waals surface area contributed by atoms with Gasteiger partial charge in [-0.15, -0.1) is 0 Å². The Morgan fingerprint density at radius 2 is 1.74 bits per heavy atom. The summed E-state index contributed by atoms with van der Waals surface area (Å²) >= 11 is 0. The number of nitrogens with two attached hydrogens (primary N) is 1. The molecule has 2 aromatic carbocycles. The molecule has 194 valence electrons. The number of nitrogens with zero attached hydrogens (tertiary/aromatic N) is 1. The molecule has 2 aromatic rings. The number of aliphatic hydroxyl groups is 3. The summed E-state index contributed by atoms with van der Waals surface area (Å²) in [6, 6.07) is 11.1. The van der Waals surface area contributed by atoms with Gasteiger partial charge in [0.1, 0.15) is 22.8 Å². The summed E-state index contributed by atoms with van der Waals surface area (Å²) in [5.74, 6) is -0.684. The lowest BCUT2D eigenvalue weighted by atomic mass is 9.57. The van der Waals surface area contributed by atoms with E-state index in [1.165, 1.54) is 11.0 Å². The summed E-state index contributed by atoms with van der Waals surface area (Å²) in [4.78, 5) is 40.5. The van der Waals surface area contributed by atoms with Gasteiger partial charge in [0.25, 0.3) is 5.91 Å². The summed E-state index contributed by atoms with van der Waals surface area (Å²) in [7, 11) is 3.12. The normalized spacial score (nSPS) is 26.4. The second-order valence-corrected chi connectivity index (χ2v) is 10.1. The Bertz CT molecular complexity index is 1530. The predicted octanol–water partition coefficient (Wildman–Crippen LogP) is 1.36. The van der Waals surface area contributed by atoms with E-state index < -0.39 is 58.0 Å². The summed E-state index contributed by atoms with van der Waals surface area (Å²) in [5, 5.41) is 44.5. The van der Waals surface area contributed by atoms with E-state index in [1.54, 1.807) is 20.2 Å². The van der Waals surface area contributed by atoms with Gasteiger partial charge in [-0.2, -0.15) is 0 Å². The lowest BCUT2D eigenvalue weighted by molar-refractivity contribution is -0.153. The van der Waals surface area contributed by atoms with E-state index in [0.29, 0.717) is 11.1 Å². The van der Waals surface area contributed by atoms with Gasteiger partial charge >= 0.3 is 0 Å². The van der Waals surface area contributed by atoms with Crippen LogP contribution in [0.25, 0.3) is 5.76 Å². The number of primary amides is 1. The first-order chi connectivity index (χ1) is 18.0. The molecule has 0 aromatic heterocycles. The number of phenols is 1. The molecule has 1 saturated carbocycles. The van der Waals surface area contributed by atoms with Crippen LogP contribution in [0, 0.1) is 23.7 Å². The molecular formula is C29H26N2O7. The lowest BCUT2D eigenvalue weighted by Crippen LogP contribution is -2.65. The van der Waals surface area contributed by atoms with E-state index in [0.717, 1.165) is 5.56 Å². The van der Waals surface area contributed by atoms with Crippen LogP contribution in [-0.4, -0.2) is 68.5 Å². The Morgan fingerprint density at radius 1 is 1.05 bits per heavy atom. The Labute approximate surface area is 218 Å². The van der Waals surface area contributed by atoms with Crippen molar-refractivity contribution < 1.29 is 34.8 Å². The van der Waals surface area contributed by atoms with Crippen LogP contribution < -0.4 is 5.73 Å². The predicted molar refractivity (Wildman–Crippen MR) is 137 cm³/mol. The average molecular weight is 515 g/mol. The number of amides is 1. The summed E-state index contributed by atoms with van der Waals surface area (Å²) in [6.07, 6.45) is 0.203. The Morgan fingerprint density at radius 3 is 2.37 bits per heavy atom. The van der Waals surface area contributed by atoms with Gasteiger partial charge in [-0.1, -0.05) is 30.0 Å². The van der Waals surface area contributed by atoms with Crippen LogP contribution in [0.1, 0.15) is 28.7 Å². The number of carbonyl (C=O) groups is 3. The molecule has 0 heterocycles. The fourth-order valence-corrected chi connectivity index (χ4v) is 6.02. The highest BCUT2D eigenvalue weighted by Gasteiger charge is 2.64. The minimum atomic E-state index is -2.66. The first-order valence-electron chi connectivity index (χ1n) is 12.0. The zero-order chi connectivity index (χ0) is 27.5. The number of benzene rings is 2. The number of fused-ring (bicyclic) bond motifs is 3. The third-order valence-corrected chi connectivity index (χ3v) is 7.72. The molecule has 0 spiro atoms. The van der Waals surface area contributed by atoms with Crippen LogP contribution in [0.5, 0.6) is 5.75 Å². The number of aliphatic hydroxyl groups excluding tert-OH is 2. The number of aromatic hydroxyl groups is 1. The van der Waals surface area contributed by atoms with E-state index in [1.807, 2.05) is 30.3 Å². The number of hydrogen-bond donors (Lipinski definition) is 5. The first kappa shape index (κ1) is 25.3. The van der Waals surface area contributed by atoms with E-state index in [2.05, 4.69) is 11.8 Å². The first-order valence-corrected chi connectivity index (χ1v) is 12.0. The maximum atomic E-state index is 13.8. The lowest BCUT2D eigenvalue weighted by Gasteiger charge is -2.50. The molecule has 3 aliphatic rings. The molecule has 0 radical (unpaired) electrons. The molecule has 38 heavy (non-hydrogen) atoms. The highest BCUT2D eigenvalue weighted by atomic mass is 16.3. The molecule has 1 fully saturated rings. The number of rotatable bonds is 2. The van der Waals surface area contributed by atoms with E-state index in [9.17, 15) is 34.8 Å². The SMILES string of the molecule is CN(C)[C@H]1C(=O)C(C(N)=O)=C(O)[C@@]2(O)C(=O)C3=C(O)c4c(O)ccc(C#Cc5ccccc5)c4C[C@H]3C[C@@H]12. The largest absolute Gasteiger partial charge is 0.508 e. The van der Waals surface area contributed by atoms with Gasteiger partial charge in [0.2, 0.25) is 5.78 Å². The molecule has 9 heteroatoms. The second-order valence-electron chi connectivity index (χ2n) is 10.1. The van der Waals surface area contributed by atoms with Crippen LogP contribution in [0.2, 0.25) is 0 Å². The fourth-order valence-electron chi connectivity index (χ4n) is 6.02. The highest BCUT2D eigenvalue weighted by Crippen LogP contribution is 2.52. The topological polar surface area (TPSA) is 161 Å². The van der Waals surface area contributed by atoms with E-state index in [4.69, 9.17) is 5.73 Å². The Kier molecular flexibility index (Phi) is 5.90. The van der Waals surface area contributed by atoms with Gasteiger partial charge in [-0.3, -0.25) is 19.3 Å². The van der Waals surface area contributed by atoms with Crippen molar-refractivity contribution in [1.29, 1.82) is 0 Å². The summed E-state index contributed by atoms with van der Waals surface area (Å²) in [6.45, 7) is 0. The summed E-state index contributed by atoms with van der Waals surface area (Å²) in [5.41, 5.74) is 3.50. The third-order valence-electron chi connectivity index (χ3n) is 7.72. The number of Topliss-reactive ketones (excluding diaryl/α,β-unsaturated/α-hetero) is 2. The molecular weight excluding hydrogens is 488 g/mol. The zero-order valence-corrected chi connectivity index (χ0v) is 20.7. The maximum absolute atomic E-state index is 13.8. The number of hydrogen-bond acceptors (Lipinski definition) is 8. The van der Waals surface area contributed by atoms with Crippen molar-refractivity contribution in [1.82, 2.24) is 4.90 Å². The monoisotopic (exact) mass is 514 g/mol. The van der Waals surface area contributed by atoms with Gasteiger partial charge in [0.05, 0.1) is 11.6 Å². The van der Waals surface area contributed by atoms with Crippen molar-refractivity contribution in [3.8, 4) is 17.6 Å². The number of phenolic OH excluding ortho intramolecular Hbond substituents is 1. The minimum absolute atomic E-state index is 0.0150. The van der Waals surface area contributed by atoms with Crippen LogP contribution >= 0.6 is 0 Å². The van der Waals surface area contributed by atoms with Crippen molar-refractivity contribution in [2.24, 2.45) is 17.6 Å². The number of carbonyl (C=O) groups excluding carboxylic acids is 3. The molecule has 0 saturated heterocycles. The van der Waals surface area contributed by atoms with Gasteiger partial charge in [0, 0.05) is 22.6 Å². The van der Waals surface area contributed by atoms with Crippen molar-refractivity contribution in [2.75, 3.05) is 14.1 Å². The molecule has 0 bridgehead atoms. The molecule has 5 rings (SSSR count). The second kappa shape index (κ2) is 8.87. The van der Waals surface area contributed by atoms with Crippen LogP contribution in [0.4, 0.5) is 0 Å². The van der Waals surface area contributed by atoms with Gasteiger partial charge in [-0.05, 0) is 62.7 Å². The average Bonchev–Trinajstić information content (AvgIpc) is 2.86. The highest BCUT2D eigenvalue weighted by molar-refractivity contribution is 6.24. The van der Waals surface area contributed by atoms with E-state index in [-0.39, 0.29) is 29.7 Å². The van der Waals surface area contributed by atoms with Crippen LogP contribution in [0.3, 0.4) is 0 Å². The van der Waals surface area contributed by atoms with Crippen LogP contribution in [0.15, 0.2) is 59.4 Å². The Balaban J connectivity index is 1.69. The fraction of sp³-hybridized carbons (Fsp3) is 0.276. The van der Waals surface area contributed by atoms with Crippen LogP contribution in [-0.2, 0) is 20.8 Å². The van der Waals surface area contributed by atoms with Crippen molar-refractivity contribution in [2.45, 2.75) is 24.5 Å². The molecule has 3 aliphatic carbocycles. The molecule has 0 unspecified atom stereocenters. The summed E-state index contributed by atoms with van der Waals surface area (Å²) < 4.78 is 0. The molecule has 4 atom stereocenters. The molecule has 9 nitrogen and oxygen atoms in total. The van der Waals surface area contributed by atoms with Gasteiger partial charge in [-0.25, -0.2) is 0 Å². The maximum Gasteiger partial charge on any atom is 0.255 e. The molecule has 1 amide bonds.